The summed E-state index contributed by atoms with van der Waals surface area (Å²) in [6.07, 6.45) is 0.0564. The summed E-state index contributed by atoms with van der Waals surface area (Å²) < 4.78 is 0. The Hall–Kier alpha value is -6.12. The fraction of sp³-hybridized carbons (Fsp3) is 0.579. The second kappa shape index (κ2) is 25.3. The molecule has 21 nitrogen and oxygen atoms in total. The van der Waals surface area contributed by atoms with Crippen molar-refractivity contribution in [3.63, 3.8) is 0 Å². The summed E-state index contributed by atoms with van der Waals surface area (Å²) in [6, 6.07) is -1.56. The van der Waals surface area contributed by atoms with Crippen molar-refractivity contribution in [2.45, 2.75) is 109 Å². The van der Waals surface area contributed by atoms with Gasteiger partial charge < -0.3 is 63.9 Å². The second-order valence-corrected chi connectivity index (χ2v) is 14.7. The highest BCUT2D eigenvalue weighted by Gasteiger charge is 2.34. The summed E-state index contributed by atoms with van der Waals surface area (Å²) >= 11 is 0. The zero-order valence-corrected chi connectivity index (χ0v) is 34.4. The number of nitrogens with two attached hydrogens (primary N) is 3. The van der Waals surface area contributed by atoms with Crippen LogP contribution in [0.15, 0.2) is 24.3 Å². The number of benzene rings is 1. The van der Waals surface area contributed by atoms with E-state index in [4.69, 9.17) is 17.2 Å². The number of amides is 9. The third kappa shape index (κ3) is 18.8. The zero-order chi connectivity index (χ0) is 45.0. The van der Waals surface area contributed by atoms with Crippen LogP contribution in [0.3, 0.4) is 0 Å². The van der Waals surface area contributed by atoms with E-state index in [1.807, 2.05) is 0 Å². The number of phenolic OH excluding ortho intramolecular Hbond substituents is 1. The van der Waals surface area contributed by atoms with Gasteiger partial charge in [-0.2, -0.15) is 0 Å². The number of primary amides is 2. The van der Waals surface area contributed by atoms with E-state index in [2.05, 4.69) is 31.9 Å². The highest BCUT2D eigenvalue weighted by atomic mass is 16.3. The Balaban J connectivity index is 3.06. The lowest BCUT2D eigenvalue weighted by Gasteiger charge is -2.28. The van der Waals surface area contributed by atoms with E-state index in [1.54, 1.807) is 39.8 Å². The van der Waals surface area contributed by atoms with Crippen LogP contribution in [0.25, 0.3) is 0 Å². The number of hydrogen-bond donors (Lipinski definition) is 10. The predicted molar refractivity (Wildman–Crippen MR) is 213 cm³/mol. The number of likely N-dealkylation sites (N-methyl/N-ethyl adjacent to an activating group) is 1. The lowest BCUT2D eigenvalue weighted by molar-refractivity contribution is -0.140. The molecule has 1 rings (SSSR count). The van der Waals surface area contributed by atoms with Crippen LogP contribution in [0, 0.1) is 11.8 Å². The van der Waals surface area contributed by atoms with Crippen LogP contribution >= 0.6 is 0 Å². The van der Waals surface area contributed by atoms with Crippen LogP contribution in [0.1, 0.15) is 72.3 Å². The first-order valence-corrected chi connectivity index (χ1v) is 19.2. The molecule has 328 valence electrons. The molecule has 13 N–H and O–H groups in total. The first-order chi connectivity index (χ1) is 27.6. The molecule has 0 aliphatic carbocycles. The normalized spacial score (nSPS) is 14.4. The Morgan fingerprint density at radius 3 is 1.92 bits per heavy atom. The van der Waals surface area contributed by atoms with Crippen LogP contribution in [0.5, 0.6) is 5.75 Å². The van der Waals surface area contributed by atoms with Crippen molar-refractivity contribution in [2.24, 2.45) is 29.0 Å². The maximum atomic E-state index is 13.5. The van der Waals surface area contributed by atoms with Crippen molar-refractivity contribution in [1.29, 1.82) is 0 Å². The van der Waals surface area contributed by atoms with Crippen molar-refractivity contribution in [3.8, 4) is 5.75 Å². The Morgan fingerprint density at radius 2 is 1.37 bits per heavy atom. The molecule has 0 radical (unpaired) electrons. The number of carbonyl (C=O) groups is 10. The van der Waals surface area contributed by atoms with E-state index in [1.165, 1.54) is 26.1 Å². The van der Waals surface area contributed by atoms with Gasteiger partial charge in [-0.15, -0.1) is 0 Å². The van der Waals surface area contributed by atoms with Gasteiger partial charge >= 0.3 is 0 Å². The highest BCUT2D eigenvalue weighted by Crippen LogP contribution is 2.13. The Labute approximate surface area is 343 Å². The third-order valence-corrected chi connectivity index (χ3v) is 9.05. The van der Waals surface area contributed by atoms with Crippen molar-refractivity contribution in [3.05, 3.63) is 29.8 Å². The number of phenols is 1. The molecule has 0 heterocycles. The quantitative estimate of drug-likeness (QED) is 0.0411. The van der Waals surface area contributed by atoms with Gasteiger partial charge in [-0.25, -0.2) is 0 Å². The molecule has 9 amide bonds. The van der Waals surface area contributed by atoms with E-state index >= 15 is 0 Å². The number of carbonyl (C=O) groups excluding carboxylic acids is 10. The van der Waals surface area contributed by atoms with Crippen LogP contribution in [0.2, 0.25) is 0 Å². The molecule has 0 unspecified atom stereocenters. The summed E-state index contributed by atoms with van der Waals surface area (Å²) in [4.78, 5) is 127. The zero-order valence-electron chi connectivity index (χ0n) is 34.4. The van der Waals surface area contributed by atoms with E-state index in [-0.39, 0.29) is 37.4 Å². The lowest BCUT2D eigenvalue weighted by Crippen LogP contribution is -2.59. The number of aldehydes is 1. The molecule has 21 heteroatoms. The molecule has 0 saturated carbocycles. The minimum atomic E-state index is -1.65. The van der Waals surface area contributed by atoms with E-state index in [9.17, 15) is 53.1 Å². The molecule has 1 aromatic carbocycles. The average molecular weight is 833 g/mol. The molecule has 0 fully saturated rings. The van der Waals surface area contributed by atoms with Crippen LogP contribution in [0.4, 0.5) is 0 Å². The van der Waals surface area contributed by atoms with Gasteiger partial charge in [0.2, 0.25) is 53.2 Å². The van der Waals surface area contributed by atoms with Crippen LogP contribution in [-0.4, -0.2) is 126 Å². The minimum Gasteiger partial charge on any atom is -0.508 e. The Morgan fingerprint density at radius 1 is 0.763 bits per heavy atom. The molecule has 0 bridgehead atoms. The van der Waals surface area contributed by atoms with Gasteiger partial charge in [-0.1, -0.05) is 46.2 Å². The van der Waals surface area contributed by atoms with Gasteiger partial charge in [-0.3, -0.25) is 43.2 Å². The SMILES string of the molecule is CC[C@H](C)[C@H](NC(=O)[C@@H](N)Cc1ccc(O)cc1)C(=O)N[C@@H](C)C(=O)N[C@@H](CC(N)=O)C(=O)N[C@@H](CCC=O)C(=O)N(C)CC(=O)N[C@@H](CC(C)C)C(=O)NCC(N)=O. The summed E-state index contributed by atoms with van der Waals surface area (Å²) in [5.74, 6) is -7.86. The third-order valence-electron chi connectivity index (χ3n) is 9.05. The van der Waals surface area contributed by atoms with Crippen LogP contribution < -0.4 is 49.1 Å². The molecule has 0 spiro atoms. The lowest BCUT2D eigenvalue weighted by atomic mass is 9.97. The van der Waals surface area contributed by atoms with Gasteiger partial charge in [0.15, 0.2) is 0 Å². The molecule has 59 heavy (non-hydrogen) atoms. The maximum Gasteiger partial charge on any atom is 0.245 e. The molecule has 1 aromatic rings. The van der Waals surface area contributed by atoms with Gasteiger partial charge in [-0.05, 0) is 55.7 Å². The fourth-order valence-electron chi connectivity index (χ4n) is 5.58. The highest BCUT2D eigenvalue weighted by molar-refractivity contribution is 5.98. The maximum absolute atomic E-state index is 13.5. The predicted octanol–water partition coefficient (Wildman–Crippen LogP) is -3.29. The Bertz CT molecular complexity index is 1660. The number of nitrogens with zero attached hydrogens (tertiary/aromatic N) is 1. The van der Waals surface area contributed by atoms with E-state index < -0.39 is 115 Å². The second-order valence-electron chi connectivity index (χ2n) is 14.7. The molecule has 7 atom stereocenters. The molecule has 0 aliphatic heterocycles. The number of aromatic hydroxyl groups is 1. The van der Waals surface area contributed by atoms with Crippen LogP contribution in [-0.2, 0) is 54.4 Å². The minimum absolute atomic E-state index is 0.0397. The van der Waals surface area contributed by atoms with Crippen molar-refractivity contribution in [2.75, 3.05) is 20.1 Å². The van der Waals surface area contributed by atoms with Crippen molar-refractivity contribution in [1.82, 2.24) is 36.8 Å². The fourth-order valence-corrected chi connectivity index (χ4v) is 5.58. The van der Waals surface area contributed by atoms with E-state index in [0.717, 1.165) is 4.90 Å². The summed E-state index contributed by atoms with van der Waals surface area (Å²) in [5.41, 5.74) is 17.2. The summed E-state index contributed by atoms with van der Waals surface area (Å²) in [5, 5.41) is 24.2. The standard InChI is InChI=1S/C38H60N10O11/c1-7-21(4)32(47-34(55)25(39)16-23-10-12-24(50)13-11-23)37(58)43-22(5)33(54)46-28(17-29(40)51)36(57)45-26(9-8-14-49)38(59)48(6)19-31(53)44-27(15-20(2)3)35(56)42-18-30(41)52/h10-14,20-22,25-28,32,50H,7-9,15-19,39H2,1-6H3,(H2,40,51)(H2,41,52)(H,42,56)(H,43,58)(H,44,53)(H,45,57)(H,46,54)(H,47,55)/t21-,22-,25-,26-,27-,28-,32-/m0/s1. The molecular formula is C38H60N10O11. The topological polar surface area (TPSA) is 344 Å². The van der Waals surface area contributed by atoms with Gasteiger partial charge in [0, 0.05) is 13.5 Å². The first-order valence-electron chi connectivity index (χ1n) is 19.2. The van der Waals surface area contributed by atoms with Crippen molar-refractivity contribution >= 4 is 59.5 Å². The molecule has 0 aromatic heterocycles. The molecular weight excluding hydrogens is 772 g/mol. The number of rotatable bonds is 26. The number of hydrogen-bond acceptors (Lipinski definition) is 12. The average Bonchev–Trinajstić information content (AvgIpc) is 3.16. The molecule has 0 saturated heterocycles. The Kier molecular flexibility index (Phi) is 21.8. The first kappa shape index (κ1) is 50.9. The van der Waals surface area contributed by atoms with Gasteiger partial charge in [0.05, 0.1) is 25.6 Å². The summed E-state index contributed by atoms with van der Waals surface area (Å²) in [6.45, 7) is 7.34. The van der Waals surface area contributed by atoms with Gasteiger partial charge in [0.25, 0.3) is 0 Å². The van der Waals surface area contributed by atoms with Crippen molar-refractivity contribution < 1.29 is 53.1 Å². The smallest absolute Gasteiger partial charge is 0.245 e. The largest absolute Gasteiger partial charge is 0.508 e. The summed E-state index contributed by atoms with van der Waals surface area (Å²) in [7, 11) is 1.23. The number of nitrogens with one attached hydrogen (secondary N) is 6. The monoisotopic (exact) mass is 832 g/mol. The van der Waals surface area contributed by atoms with E-state index in [0.29, 0.717) is 18.3 Å². The van der Waals surface area contributed by atoms with Gasteiger partial charge in [0.1, 0.15) is 42.2 Å². The molecule has 0 aliphatic rings.